The fourth-order valence-corrected chi connectivity index (χ4v) is 2.76. The van der Waals surface area contributed by atoms with E-state index in [1.165, 1.54) is 6.07 Å². The van der Waals surface area contributed by atoms with Gasteiger partial charge in [-0.25, -0.2) is 0 Å². The lowest BCUT2D eigenvalue weighted by molar-refractivity contribution is 0.0985. The van der Waals surface area contributed by atoms with Gasteiger partial charge in [0.2, 0.25) is 0 Å². The van der Waals surface area contributed by atoms with Crippen molar-refractivity contribution in [3.63, 3.8) is 0 Å². The molecule has 3 rings (SSSR count). The van der Waals surface area contributed by atoms with Crippen LogP contribution in [0.5, 0.6) is 5.75 Å². The van der Waals surface area contributed by atoms with Crippen LogP contribution in [0.4, 0.5) is 11.4 Å². The summed E-state index contributed by atoms with van der Waals surface area (Å²) in [7, 11) is 0. The van der Waals surface area contributed by atoms with Gasteiger partial charge in [0, 0.05) is 23.5 Å². The van der Waals surface area contributed by atoms with Crippen molar-refractivity contribution < 1.29 is 9.90 Å². The number of carbonyl (C=O) groups excluding carboxylic acids is 1. The molecule has 0 aliphatic carbocycles. The van der Waals surface area contributed by atoms with E-state index in [0.29, 0.717) is 12.1 Å². The quantitative estimate of drug-likeness (QED) is 0.790. The molecule has 2 aromatic rings. The van der Waals surface area contributed by atoms with Crippen LogP contribution >= 0.6 is 0 Å². The van der Waals surface area contributed by atoms with Gasteiger partial charge >= 0.3 is 0 Å². The summed E-state index contributed by atoms with van der Waals surface area (Å²) in [6, 6.07) is 10.7. The van der Waals surface area contributed by atoms with E-state index in [1.54, 1.807) is 24.0 Å². The summed E-state index contributed by atoms with van der Waals surface area (Å²) in [6.07, 6.45) is 1.79. The van der Waals surface area contributed by atoms with Crippen LogP contribution in [0.3, 0.4) is 0 Å². The maximum absolute atomic E-state index is 12.7. The zero-order chi connectivity index (χ0) is 15.0. The smallest absolute Gasteiger partial charge is 0.258 e. The van der Waals surface area contributed by atoms with Gasteiger partial charge in [0.1, 0.15) is 5.75 Å². The van der Waals surface area contributed by atoms with Crippen LogP contribution in [0.2, 0.25) is 0 Å². The number of phenols is 1. The van der Waals surface area contributed by atoms with Gasteiger partial charge in [0.15, 0.2) is 0 Å². The lowest BCUT2D eigenvalue weighted by Gasteiger charge is -2.30. The molecule has 0 spiro atoms. The van der Waals surface area contributed by atoms with E-state index in [4.69, 9.17) is 5.73 Å². The predicted octanol–water partition coefficient (Wildman–Crippen LogP) is 2.88. The van der Waals surface area contributed by atoms with E-state index in [2.05, 4.69) is 0 Å². The molecule has 3 N–H and O–H groups in total. The molecule has 0 fully saturated rings. The van der Waals surface area contributed by atoms with Crippen LogP contribution in [-0.4, -0.2) is 17.6 Å². The van der Waals surface area contributed by atoms with Crippen LogP contribution < -0.4 is 10.6 Å². The summed E-state index contributed by atoms with van der Waals surface area (Å²) in [5.41, 5.74) is 9.91. The molecular weight excluding hydrogens is 264 g/mol. The van der Waals surface area contributed by atoms with Gasteiger partial charge in [0.25, 0.3) is 5.91 Å². The first kappa shape index (κ1) is 13.5. The Kier molecular flexibility index (Phi) is 3.29. The maximum atomic E-state index is 12.7. The zero-order valence-corrected chi connectivity index (χ0v) is 12.0. The van der Waals surface area contributed by atoms with E-state index in [9.17, 15) is 9.90 Å². The minimum absolute atomic E-state index is 0.100. The number of amides is 1. The van der Waals surface area contributed by atoms with Crippen molar-refractivity contribution in [3.05, 3.63) is 53.1 Å². The van der Waals surface area contributed by atoms with Crippen LogP contribution in [0.1, 0.15) is 27.9 Å². The summed E-state index contributed by atoms with van der Waals surface area (Å²) in [6.45, 7) is 2.48. The van der Waals surface area contributed by atoms with Crippen molar-refractivity contribution in [2.75, 3.05) is 17.2 Å². The summed E-state index contributed by atoms with van der Waals surface area (Å²) in [5, 5.41) is 9.80. The molecule has 0 unspecified atom stereocenters. The Hall–Kier alpha value is -2.49. The Morgan fingerprint density at radius 2 is 2.10 bits per heavy atom. The number of nitrogens with zero attached hydrogens (tertiary/aromatic N) is 1. The van der Waals surface area contributed by atoms with Gasteiger partial charge < -0.3 is 15.7 Å². The molecular formula is C17H18N2O2. The third-order valence-corrected chi connectivity index (χ3v) is 3.99. The average Bonchev–Trinajstić information content (AvgIpc) is 2.49. The molecule has 0 saturated carbocycles. The van der Waals surface area contributed by atoms with Crippen molar-refractivity contribution in [2.45, 2.75) is 19.8 Å². The van der Waals surface area contributed by atoms with Gasteiger partial charge in [-0.2, -0.15) is 0 Å². The average molecular weight is 282 g/mol. The highest BCUT2D eigenvalue weighted by atomic mass is 16.3. The predicted molar refractivity (Wildman–Crippen MR) is 83.7 cm³/mol. The largest absolute Gasteiger partial charge is 0.508 e. The Morgan fingerprint density at radius 1 is 1.29 bits per heavy atom. The number of aromatic hydroxyl groups is 1. The van der Waals surface area contributed by atoms with E-state index in [1.807, 2.05) is 18.2 Å². The number of nitrogen functional groups attached to an aromatic ring is 1. The van der Waals surface area contributed by atoms with Crippen molar-refractivity contribution in [1.29, 1.82) is 0 Å². The number of phenolic OH excluding ortho intramolecular Hbond substituents is 1. The zero-order valence-electron chi connectivity index (χ0n) is 12.0. The van der Waals surface area contributed by atoms with Crippen LogP contribution in [0, 0.1) is 6.92 Å². The van der Waals surface area contributed by atoms with E-state index >= 15 is 0 Å². The molecule has 108 valence electrons. The first-order valence-electron chi connectivity index (χ1n) is 7.07. The highest BCUT2D eigenvalue weighted by Gasteiger charge is 2.24. The molecule has 0 atom stereocenters. The molecule has 0 aromatic heterocycles. The molecule has 1 aliphatic rings. The number of fused-ring (bicyclic) bond motifs is 1. The van der Waals surface area contributed by atoms with Gasteiger partial charge in [0.05, 0.1) is 0 Å². The minimum Gasteiger partial charge on any atom is -0.508 e. The Labute approximate surface area is 123 Å². The first-order chi connectivity index (χ1) is 10.1. The standard InChI is InChI=1S/C17H18N2O2/c1-11-7-8-12(10-16(11)20)17(21)19-9-3-4-13-14(18)5-2-6-15(13)19/h2,5-8,10,20H,3-4,9,18H2,1H3. The highest BCUT2D eigenvalue weighted by molar-refractivity contribution is 6.07. The van der Waals surface area contributed by atoms with Crippen molar-refractivity contribution in [2.24, 2.45) is 0 Å². The van der Waals surface area contributed by atoms with Crippen LogP contribution in [-0.2, 0) is 6.42 Å². The van der Waals surface area contributed by atoms with E-state index in [-0.39, 0.29) is 11.7 Å². The SMILES string of the molecule is Cc1ccc(C(=O)N2CCCc3c(N)cccc32)cc1O. The summed E-state index contributed by atoms with van der Waals surface area (Å²) >= 11 is 0. The Bertz CT molecular complexity index is 710. The van der Waals surface area contributed by atoms with E-state index < -0.39 is 0 Å². The number of rotatable bonds is 1. The number of benzene rings is 2. The number of nitrogens with two attached hydrogens (primary N) is 1. The van der Waals surface area contributed by atoms with Crippen molar-refractivity contribution in [3.8, 4) is 5.75 Å². The molecule has 0 radical (unpaired) electrons. The van der Waals surface area contributed by atoms with Gasteiger partial charge in [-0.05, 0) is 55.2 Å². The number of hydrogen-bond acceptors (Lipinski definition) is 3. The molecule has 21 heavy (non-hydrogen) atoms. The summed E-state index contributed by atoms with van der Waals surface area (Å²) in [5.74, 6) is 0.0440. The summed E-state index contributed by atoms with van der Waals surface area (Å²) < 4.78 is 0. The van der Waals surface area contributed by atoms with Gasteiger partial charge in [-0.15, -0.1) is 0 Å². The third-order valence-electron chi connectivity index (χ3n) is 3.99. The molecule has 0 bridgehead atoms. The van der Waals surface area contributed by atoms with Crippen molar-refractivity contribution >= 4 is 17.3 Å². The third kappa shape index (κ3) is 2.33. The fraction of sp³-hybridized carbons (Fsp3) is 0.235. The van der Waals surface area contributed by atoms with Crippen LogP contribution in [0.15, 0.2) is 36.4 Å². The number of anilines is 2. The lowest BCUT2D eigenvalue weighted by Crippen LogP contribution is -2.35. The summed E-state index contributed by atoms with van der Waals surface area (Å²) in [4.78, 5) is 14.5. The highest BCUT2D eigenvalue weighted by Crippen LogP contribution is 2.32. The van der Waals surface area contributed by atoms with Crippen LogP contribution in [0.25, 0.3) is 0 Å². The number of hydrogen-bond donors (Lipinski definition) is 2. The normalized spacial score (nSPS) is 13.9. The van der Waals surface area contributed by atoms with Gasteiger partial charge in [-0.3, -0.25) is 4.79 Å². The fourth-order valence-electron chi connectivity index (χ4n) is 2.76. The maximum Gasteiger partial charge on any atom is 0.258 e. The number of aryl methyl sites for hydroxylation is 1. The molecule has 0 saturated heterocycles. The second kappa shape index (κ2) is 5.13. The molecule has 1 amide bonds. The molecule has 2 aromatic carbocycles. The second-order valence-electron chi connectivity index (χ2n) is 5.41. The minimum atomic E-state index is -0.100. The topological polar surface area (TPSA) is 66.6 Å². The first-order valence-corrected chi connectivity index (χ1v) is 7.07. The molecule has 4 nitrogen and oxygen atoms in total. The molecule has 1 heterocycles. The van der Waals surface area contributed by atoms with E-state index in [0.717, 1.165) is 35.3 Å². The van der Waals surface area contributed by atoms with Gasteiger partial charge in [-0.1, -0.05) is 12.1 Å². The Morgan fingerprint density at radius 3 is 2.86 bits per heavy atom. The Balaban J connectivity index is 2.00. The molecule has 1 aliphatic heterocycles. The van der Waals surface area contributed by atoms with Crippen molar-refractivity contribution in [1.82, 2.24) is 0 Å². The number of carbonyl (C=O) groups is 1. The monoisotopic (exact) mass is 282 g/mol. The second-order valence-corrected chi connectivity index (χ2v) is 5.41. The molecule has 4 heteroatoms. The lowest BCUT2D eigenvalue weighted by atomic mass is 9.99.